The quantitative estimate of drug-likeness (QED) is 0.735. The molecule has 1 aromatic heterocycles. The van der Waals surface area contributed by atoms with Crippen molar-refractivity contribution in [3.8, 4) is 5.88 Å². The van der Waals surface area contributed by atoms with Crippen molar-refractivity contribution in [2.24, 2.45) is 0 Å². The fourth-order valence-corrected chi connectivity index (χ4v) is 1.40. The van der Waals surface area contributed by atoms with E-state index in [-0.39, 0.29) is 5.97 Å². The molecule has 2 aromatic rings. The molecule has 0 aliphatic heterocycles. The Kier molecular flexibility index (Phi) is 3.00. The molecule has 2 rings (SSSR count). The van der Waals surface area contributed by atoms with Crippen LogP contribution < -0.4 is 4.74 Å². The van der Waals surface area contributed by atoms with E-state index >= 15 is 0 Å². The van der Waals surface area contributed by atoms with Crippen molar-refractivity contribution in [2.75, 3.05) is 0 Å². The maximum atomic E-state index is 10.7. The summed E-state index contributed by atoms with van der Waals surface area (Å²) in [5.41, 5.74) is 1.15. The number of rotatable bonds is 3. The molecule has 16 heavy (non-hydrogen) atoms. The first-order valence-electron chi connectivity index (χ1n) is 5.00. The third-order valence-electron chi connectivity index (χ3n) is 2.05. The van der Waals surface area contributed by atoms with Gasteiger partial charge in [0.2, 0.25) is 5.88 Å². The molecule has 0 spiro atoms. The molecule has 1 heterocycles. The molecule has 0 saturated heterocycles. The summed E-state index contributed by atoms with van der Waals surface area (Å²) in [6, 6.07) is 11.6. The van der Waals surface area contributed by atoms with Crippen LogP contribution in [0.15, 0.2) is 42.6 Å². The van der Waals surface area contributed by atoms with Gasteiger partial charge in [-0.2, -0.15) is 0 Å². The van der Waals surface area contributed by atoms with Gasteiger partial charge < -0.3 is 4.74 Å². The molecule has 0 aliphatic rings. The summed E-state index contributed by atoms with van der Waals surface area (Å²) in [5.74, 6) is -0.0200. The highest BCUT2D eigenvalue weighted by molar-refractivity contribution is 5.68. The lowest BCUT2D eigenvalue weighted by atomic mass is 10.2. The first-order chi connectivity index (χ1) is 7.74. The molecule has 82 valence electrons. The van der Waals surface area contributed by atoms with Crippen LogP contribution in [0.1, 0.15) is 12.5 Å². The van der Waals surface area contributed by atoms with Gasteiger partial charge in [0.1, 0.15) is 0 Å². The molecule has 0 amide bonds. The van der Waals surface area contributed by atoms with E-state index in [0.29, 0.717) is 12.4 Å². The van der Waals surface area contributed by atoms with Gasteiger partial charge in [-0.15, -0.1) is 5.10 Å². The third-order valence-corrected chi connectivity index (χ3v) is 2.05. The Morgan fingerprint density at radius 1 is 1.31 bits per heavy atom. The summed E-state index contributed by atoms with van der Waals surface area (Å²) in [4.78, 5) is 10.7. The van der Waals surface area contributed by atoms with Gasteiger partial charge in [-0.1, -0.05) is 30.3 Å². The highest BCUT2D eigenvalue weighted by atomic mass is 16.5. The van der Waals surface area contributed by atoms with Crippen LogP contribution in [0.25, 0.3) is 0 Å². The van der Waals surface area contributed by atoms with E-state index in [0.717, 1.165) is 5.56 Å². The lowest BCUT2D eigenvalue weighted by Gasteiger charge is -2.00. The van der Waals surface area contributed by atoms with E-state index in [2.05, 4.69) is 5.10 Å². The van der Waals surface area contributed by atoms with Crippen LogP contribution >= 0.6 is 0 Å². The lowest BCUT2D eigenvalue weighted by Crippen LogP contribution is -2.04. The van der Waals surface area contributed by atoms with Crippen LogP contribution in [-0.2, 0) is 11.3 Å². The smallest absolute Gasteiger partial charge is 0.309 e. The van der Waals surface area contributed by atoms with Gasteiger partial charge >= 0.3 is 5.97 Å². The molecular weight excluding hydrogens is 204 g/mol. The Balaban J connectivity index is 2.06. The summed E-state index contributed by atoms with van der Waals surface area (Å²) in [6.07, 6.45) is 1.78. The first-order valence-corrected chi connectivity index (χ1v) is 5.00. The predicted molar refractivity (Wildman–Crippen MR) is 59.1 cm³/mol. The molecule has 0 N–H and O–H groups in total. The van der Waals surface area contributed by atoms with Crippen LogP contribution in [-0.4, -0.2) is 15.7 Å². The number of esters is 1. The second-order valence-electron chi connectivity index (χ2n) is 3.43. The van der Waals surface area contributed by atoms with Crippen LogP contribution in [0.4, 0.5) is 0 Å². The summed E-state index contributed by atoms with van der Waals surface area (Å²) in [6.45, 7) is 2.03. The zero-order valence-electron chi connectivity index (χ0n) is 8.96. The second kappa shape index (κ2) is 4.61. The molecule has 0 radical (unpaired) electrons. The largest absolute Gasteiger partial charge is 0.406 e. The number of carbonyl (C=O) groups excluding carboxylic acids is 1. The molecule has 0 aliphatic carbocycles. The SMILES string of the molecule is CC(=O)Oc1ccn(Cc2ccccc2)n1. The van der Waals surface area contributed by atoms with Gasteiger partial charge in [0.25, 0.3) is 0 Å². The van der Waals surface area contributed by atoms with E-state index in [1.54, 1.807) is 16.9 Å². The number of nitrogens with zero attached hydrogens (tertiary/aromatic N) is 2. The van der Waals surface area contributed by atoms with Crippen molar-refractivity contribution in [3.63, 3.8) is 0 Å². The Morgan fingerprint density at radius 3 is 2.75 bits per heavy atom. The van der Waals surface area contributed by atoms with Crippen molar-refractivity contribution in [1.82, 2.24) is 9.78 Å². The van der Waals surface area contributed by atoms with Gasteiger partial charge in [-0.3, -0.25) is 9.48 Å². The van der Waals surface area contributed by atoms with Crippen LogP contribution in [0.2, 0.25) is 0 Å². The Bertz CT molecular complexity index is 477. The monoisotopic (exact) mass is 216 g/mol. The Labute approximate surface area is 93.5 Å². The van der Waals surface area contributed by atoms with E-state index in [1.165, 1.54) is 6.92 Å². The average Bonchev–Trinajstić information content (AvgIpc) is 2.66. The number of hydrogen-bond donors (Lipinski definition) is 0. The molecule has 0 atom stereocenters. The van der Waals surface area contributed by atoms with Gasteiger partial charge in [-0.25, -0.2) is 0 Å². The fraction of sp³-hybridized carbons (Fsp3) is 0.167. The number of carbonyl (C=O) groups is 1. The zero-order valence-corrected chi connectivity index (χ0v) is 8.96. The van der Waals surface area contributed by atoms with E-state index in [1.807, 2.05) is 30.3 Å². The minimum absolute atomic E-state index is 0.337. The summed E-state index contributed by atoms with van der Waals surface area (Å²) >= 11 is 0. The minimum atomic E-state index is -0.357. The Hall–Kier alpha value is -2.10. The lowest BCUT2D eigenvalue weighted by molar-refractivity contribution is -0.132. The van der Waals surface area contributed by atoms with Gasteiger partial charge in [-0.05, 0) is 5.56 Å². The summed E-state index contributed by atoms with van der Waals surface area (Å²) in [7, 11) is 0. The highest BCUT2D eigenvalue weighted by Crippen LogP contribution is 2.08. The molecule has 0 unspecified atom stereocenters. The van der Waals surface area contributed by atoms with Gasteiger partial charge in [0, 0.05) is 19.2 Å². The molecule has 0 fully saturated rings. The summed E-state index contributed by atoms with van der Waals surface area (Å²) < 4.78 is 6.59. The maximum absolute atomic E-state index is 10.7. The standard InChI is InChI=1S/C12H12N2O2/c1-10(15)16-12-7-8-14(13-12)9-11-5-3-2-4-6-11/h2-8H,9H2,1H3. The molecule has 0 bridgehead atoms. The molecule has 4 heteroatoms. The van der Waals surface area contributed by atoms with Crippen LogP contribution in [0, 0.1) is 0 Å². The predicted octanol–water partition coefficient (Wildman–Crippen LogP) is 1.86. The third kappa shape index (κ3) is 2.70. The van der Waals surface area contributed by atoms with Gasteiger partial charge in [0.15, 0.2) is 0 Å². The normalized spacial score (nSPS) is 10.1. The maximum Gasteiger partial charge on any atom is 0.309 e. The Morgan fingerprint density at radius 2 is 2.06 bits per heavy atom. The summed E-state index contributed by atoms with van der Waals surface area (Å²) in [5, 5.41) is 4.12. The van der Waals surface area contributed by atoms with Crippen molar-refractivity contribution < 1.29 is 9.53 Å². The molecule has 0 saturated carbocycles. The topological polar surface area (TPSA) is 44.1 Å². The minimum Gasteiger partial charge on any atom is -0.406 e. The van der Waals surface area contributed by atoms with E-state index < -0.39 is 0 Å². The average molecular weight is 216 g/mol. The number of hydrogen-bond acceptors (Lipinski definition) is 3. The van der Waals surface area contributed by atoms with Gasteiger partial charge in [0.05, 0.1) is 6.54 Å². The van der Waals surface area contributed by atoms with Crippen LogP contribution in [0.3, 0.4) is 0 Å². The number of benzene rings is 1. The fourth-order valence-electron chi connectivity index (χ4n) is 1.40. The van der Waals surface area contributed by atoms with E-state index in [9.17, 15) is 4.79 Å². The van der Waals surface area contributed by atoms with Crippen molar-refractivity contribution in [1.29, 1.82) is 0 Å². The van der Waals surface area contributed by atoms with Crippen molar-refractivity contribution >= 4 is 5.97 Å². The molecule has 4 nitrogen and oxygen atoms in total. The van der Waals surface area contributed by atoms with Crippen molar-refractivity contribution in [3.05, 3.63) is 48.2 Å². The zero-order chi connectivity index (χ0) is 11.4. The van der Waals surface area contributed by atoms with E-state index in [4.69, 9.17) is 4.74 Å². The number of ether oxygens (including phenoxy) is 1. The molecule has 1 aromatic carbocycles. The highest BCUT2D eigenvalue weighted by Gasteiger charge is 2.02. The number of aromatic nitrogens is 2. The second-order valence-corrected chi connectivity index (χ2v) is 3.43. The van der Waals surface area contributed by atoms with Crippen molar-refractivity contribution in [2.45, 2.75) is 13.5 Å². The van der Waals surface area contributed by atoms with Crippen LogP contribution in [0.5, 0.6) is 5.88 Å². The first kappa shape index (κ1) is 10.4. The molecular formula is C12H12N2O2.